The van der Waals surface area contributed by atoms with Crippen molar-refractivity contribution >= 4 is 15.9 Å². The summed E-state index contributed by atoms with van der Waals surface area (Å²) in [5.41, 5.74) is 0.738. The Labute approximate surface area is 164 Å². The number of sulfonamides is 1. The molecule has 0 spiro atoms. The minimum atomic E-state index is -3.43. The molecule has 1 heterocycles. The fourth-order valence-electron chi connectivity index (χ4n) is 3.09. The second-order valence-corrected chi connectivity index (χ2v) is 8.65. The Bertz CT molecular complexity index is 896. The minimum Gasteiger partial charge on any atom is -0.481 e. The van der Waals surface area contributed by atoms with Crippen LogP contribution in [-0.2, 0) is 20.6 Å². The Morgan fingerprint density at radius 3 is 2.25 bits per heavy atom. The molecule has 3 rings (SSSR count). The van der Waals surface area contributed by atoms with Crippen molar-refractivity contribution in [1.82, 2.24) is 9.21 Å². The first-order valence-electron chi connectivity index (χ1n) is 9.08. The van der Waals surface area contributed by atoms with Gasteiger partial charge >= 0.3 is 0 Å². The standard InChI is InChI=1S/C20H23FN2O4S/c1-16(27-19-9-7-18(21)8-10-19)20(24)22-11-13-23(14-12-22)28(25,26)15-17-5-3-2-4-6-17/h2-10,16H,11-15H2,1H3/t16-/m1/s1. The highest BCUT2D eigenvalue weighted by Crippen LogP contribution is 2.17. The first-order valence-corrected chi connectivity index (χ1v) is 10.7. The Balaban J connectivity index is 1.54. The van der Waals surface area contributed by atoms with E-state index in [4.69, 9.17) is 4.74 Å². The van der Waals surface area contributed by atoms with Gasteiger partial charge in [0.2, 0.25) is 10.0 Å². The lowest BCUT2D eigenvalue weighted by molar-refractivity contribution is -0.139. The van der Waals surface area contributed by atoms with Gasteiger partial charge in [0.05, 0.1) is 5.75 Å². The Kier molecular flexibility index (Phi) is 6.31. The first kappa shape index (κ1) is 20.3. The van der Waals surface area contributed by atoms with Crippen LogP contribution in [0.15, 0.2) is 54.6 Å². The van der Waals surface area contributed by atoms with E-state index in [-0.39, 0.29) is 30.6 Å². The van der Waals surface area contributed by atoms with Crippen molar-refractivity contribution < 1.29 is 22.3 Å². The molecule has 8 heteroatoms. The highest BCUT2D eigenvalue weighted by Gasteiger charge is 2.31. The van der Waals surface area contributed by atoms with Crippen LogP contribution in [0, 0.1) is 5.82 Å². The van der Waals surface area contributed by atoms with Gasteiger partial charge < -0.3 is 9.64 Å². The van der Waals surface area contributed by atoms with Gasteiger partial charge in [-0.3, -0.25) is 4.79 Å². The number of rotatable bonds is 6. The van der Waals surface area contributed by atoms with E-state index < -0.39 is 16.1 Å². The van der Waals surface area contributed by atoms with E-state index >= 15 is 0 Å². The smallest absolute Gasteiger partial charge is 0.263 e. The number of nitrogens with zero attached hydrogens (tertiary/aromatic N) is 2. The summed E-state index contributed by atoms with van der Waals surface area (Å²) in [6.45, 7) is 2.76. The van der Waals surface area contributed by atoms with E-state index in [1.807, 2.05) is 18.2 Å². The second kappa shape index (κ2) is 8.70. The molecule has 1 saturated heterocycles. The molecule has 0 N–H and O–H groups in total. The van der Waals surface area contributed by atoms with Crippen molar-refractivity contribution in [1.29, 1.82) is 0 Å². The van der Waals surface area contributed by atoms with Crippen LogP contribution in [0.5, 0.6) is 5.75 Å². The van der Waals surface area contributed by atoms with E-state index in [9.17, 15) is 17.6 Å². The maximum absolute atomic E-state index is 13.0. The van der Waals surface area contributed by atoms with Crippen molar-refractivity contribution in [2.24, 2.45) is 0 Å². The predicted octanol–water partition coefficient (Wildman–Crippen LogP) is 2.27. The molecule has 0 saturated carbocycles. The van der Waals surface area contributed by atoms with Gasteiger partial charge in [-0.1, -0.05) is 30.3 Å². The molecule has 2 aromatic rings. The summed E-state index contributed by atoms with van der Waals surface area (Å²) < 4.78 is 45.2. The zero-order valence-corrected chi connectivity index (χ0v) is 16.4. The number of amides is 1. The van der Waals surface area contributed by atoms with Gasteiger partial charge in [0.15, 0.2) is 6.10 Å². The van der Waals surface area contributed by atoms with Crippen molar-refractivity contribution in [3.05, 3.63) is 66.0 Å². The van der Waals surface area contributed by atoms with Gasteiger partial charge in [0.25, 0.3) is 5.91 Å². The summed E-state index contributed by atoms with van der Waals surface area (Å²) in [5, 5.41) is 0. The highest BCUT2D eigenvalue weighted by atomic mass is 32.2. The molecular weight excluding hydrogens is 383 g/mol. The zero-order valence-electron chi connectivity index (χ0n) is 15.6. The Morgan fingerprint density at radius 1 is 1.04 bits per heavy atom. The summed E-state index contributed by atoms with van der Waals surface area (Å²) in [6.07, 6.45) is -0.738. The number of hydrogen-bond acceptors (Lipinski definition) is 4. The van der Waals surface area contributed by atoms with Crippen molar-refractivity contribution in [2.75, 3.05) is 26.2 Å². The van der Waals surface area contributed by atoms with Crippen LogP contribution in [0.1, 0.15) is 12.5 Å². The van der Waals surface area contributed by atoms with Crippen LogP contribution < -0.4 is 4.74 Å². The third-order valence-corrected chi connectivity index (χ3v) is 6.46. The molecule has 150 valence electrons. The highest BCUT2D eigenvalue weighted by molar-refractivity contribution is 7.88. The number of ether oxygens (including phenoxy) is 1. The SMILES string of the molecule is C[C@@H](Oc1ccc(F)cc1)C(=O)N1CCN(S(=O)(=O)Cc2ccccc2)CC1. The molecule has 0 aromatic heterocycles. The van der Waals surface area contributed by atoms with Crippen molar-refractivity contribution in [3.63, 3.8) is 0 Å². The molecule has 0 unspecified atom stereocenters. The third kappa shape index (κ3) is 5.08. The molecule has 1 atom stereocenters. The molecular formula is C20H23FN2O4S. The zero-order chi connectivity index (χ0) is 20.1. The fraction of sp³-hybridized carbons (Fsp3) is 0.350. The predicted molar refractivity (Wildman–Crippen MR) is 104 cm³/mol. The molecule has 1 fully saturated rings. The number of hydrogen-bond donors (Lipinski definition) is 0. The molecule has 0 aliphatic carbocycles. The maximum atomic E-state index is 13.0. The largest absolute Gasteiger partial charge is 0.481 e. The van der Waals surface area contributed by atoms with E-state index in [1.54, 1.807) is 24.0 Å². The van der Waals surface area contributed by atoms with E-state index in [2.05, 4.69) is 0 Å². The average Bonchev–Trinajstić information content (AvgIpc) is 2.69. The molecule has 0 bridgehead atoms. The summed E-state index contributed by atoms with van der Waals surface area (Å²) in [6, 6.07) is 14.5. The lowest BCUT2D eigenvalue weighted by Gasteiger charge is -2.35. The first-order chi connectivity index (χ1) is 13.3. The fourth-order valence-corrected chi connectivity index (χ4v) is 4.60. The molecule has 28 heavy (non-hydrogen) atoms. The molecule has 1 amide bonds. The van der Waals surface area contributed by atoms with Crippen LogP contribution in [0.4, 0.5) is 4.39 Å². The molecule has 2 aromatic carbocycles. The van der Waals surface area contributed by atoms with Gasteiger partial charge in [-0.15, -0.1) is 0 Å². The van der Waals surface area contributed by atoms with Crippen LogP contribution in [0.2, 0.25) is 0 Å². The summed E-state index contributed by atoms with van der Waals surface area (Å²) in [7, 11) is -3.43. The van der Waals surface area contributed by atoms with Crippen LogP contribution in [0.25, 0.3) is 0 Å². The topological polar surface area (TPSA) is 66.9 Å². The monoisotopic (exact) mass is 406 g/mol. The number of halogens is 1. The summed E-state index contributed by atoms with van der Waals surface area (Å²) in [4.78, 5) is 14.2. The van der Waals surface area contributed by atoms with Gasteiger partial charge in [0, 0.05) is 26.2 Å². The molecule has 0 radical (unpaired) electrons. The van der Waals surface area contributed by atoms with Crippen LogP contribution in [0.3, 0.4) is 0 Å². The minimum absolute atomic E-state index is 0.0497. The van der Waals surface area contributed by atoms with Gasteiger partial charge in [-0.2, -0.15) is 4.31 Å². The van der Waals surface area contributed by atoms with E-state index in [1.165, 1.54) is 28.6 Å². The average molecular weight is 406 g/mol. The van der Waals surface area contributed by atoms with E-state index in [0.717, 1.165) is 5.56 Å². The molecule has 6 nitrogen and oxygen atoms in total. The number of benzene rings is 2. The van der Waals surface area contributed by atoms with Gasteiger partial charge in [-0.05, 0) is 36.8 Å². The number of carbonyl (C=O) groups excluding carboxylic acids is 1. The lowest BCUT2D eigenvalue weighted by Crippen LogP contribution is -2.53. The maximum Gasteiger partial charge on any atom is 0.263 e. The summed E-state index contributed by atoms with van der Waals surface area (Å²) in [5.74, 6) is -0.235. The quantitative estimate of drug-likeness (QED) is 0.738. The third-order valence-electron chi connectivity index (χ3n) is 4.61. The lowest BCUT2D eigenvalue weighted by atomic mass is 10.2. The summed E-state index contributed by atoms with van der Waals surface area (Å²) >= 11 is 0. The van der Waals surface area contributed by atoms with Crippen LogP contribution in [-0.4, -0.2) is 55.8 Å². The van der Waals surface area contributed by atoms with E-state index in [0.29, 0.717) is 18.8 Å². The Morgan fingerprint density at radius 2 is 1.64 bits per heavy atom. The van der Waals surface area contributed by atoms with Gasteiger partial charge in [-0.25, -0.2) is 12.8 Å². The van der Waals surface area contributed by atoms with Crippen molar-refractivity contribution in [2.45, 2.75) is 18.8 Å². The van der Waals surface area contributed by atoms with Crippen molar-refractivity contribution in [3.8, 4) is 5.75 Å². The number of piperazine rings is 1. The van der Waals surface area contributed by atoms with Gasteiger partial charge in [0.1, 0.15) is 11.6 Å². The second-order valence-electron chi connectivity index (χ2n) is 6.68. The van der Waals surface area contributed by atoms with Crippen LogP contribution >= 0.6 is 0 Å². The number of carbonyl (C=O) groups is 1. The Hall–Kier alpha value is -2.45. The normalized spacial score (nSPS) is 16.6. The molecule has 1 aliphatic heterocycles. The molecule has 1 aliphatic rings.